The first-order chi connectivity index (χ1) is 7.79. The van der Waals surface area contributed by atoms with Crippen molar-refractivity contribution in [2.45, 2.75) is 19.9 Å². The van der Waals surface area contributed by atoms with Crippen molar-refractivity contribution < 1.29 is 0 Å². The van der Waals surface area contributed by atoms with Gasteiger partial charge in [-0.1, -0.05) is 31.2 Å². The molecule has 0 fully saturated rings. The van der Waals surface area contributed by atoms with Gasteiger partial charge in [0.15, 0.2) is 0 Å². The fourth-order valence-corrected chi connectivity index (χ4v) is 1.57. The molecule has 0 amide bonds. The number of aromatic nitrogens is 2. The molecule has 82 valence electrons. The van der Waals surface area contributed by atoms with Gasteiger partial charge in [0.05, 0.1) is 12.9 Å². The average molecular weight is 214 g/mol. The van der Waals surface area contributed by atoms with E-state index in [0.717, 1.165) is 12.0 Å². The highest BCUT2D eigenvalue weighted by Gasteiger charge is 1.97. The number of nitrogens with zero attached hydrogens (tertiary/aromatic N) is 2. The topological polar surface area (TPSA) is 34.9 Å². The quantitative estimate of drug-likeness (QED) is 0.781. The van der Waals surface area contributed by atoms with Crippen LogP contribution in [0.25, 0.3) is 0 Å². The lowest BCUT2D eigenvalue weighted by Crippen LogP contribution is -2.19. The summed E-state index contributed by atoms with van der Waals surface area (Å²) in [6.07, 6.45) is 4.11. The number of rotatable bonds is 3. The summed E-state index contributed by atoms with van der Waals surface area (Å²) in [5, 5.41) is 0. The van der Waals surface area contributed by atoms with E-state index in [1.807, 2.05) is 0 Å². The van der Waals surface area contributed by atoms with Gasteiger partial charge < -0.3 is 0 Å². The summed E-state index contributed by atoms with van der Waals surface area (Å²) < 4.78 is 1.60. The number of benzene rings is 1. The molecule has 1 aromatic heterocycles. The van der Waals surface area contributed by atoms with E-state index < -0.39 is 0 Å². The van der Waals surface area contributed by atoms with Gasteiger partial charge in [0.1, 0.15) is 0 Å². The lowest BCUT2D eigenvalue weighted by molar-refractivity contribution is 0.735. The highest BCUT2D eigenvalue weighted by molar-refractivity contribution is 5.22. The molecule has 0 aliphatic rings. The van der Waals surface area contributed by atoms with Gasteiger partial charge in [0, 0.05) is 12.3 Å². The van der Waals surface area contributed by atoms with E-state index in [0.29, 0.717) is 6.54 Å². The van der Waals surface area contributed by atoms with Gasteiger partial charge in [-0.05, 0) is 17.5 Å². The fourth-order valence-electron chi connectivity index (χ4n) is 1.57. The third-order valence-corrected chi connectivity index (χ3v) is 2.58. The van der Waals surface area contributed by atoms with Crippen molar-refractivity contribution in [3.63, 3.8) is 0 Å². The molecule has 0 spiro atoms. The second-order valence-corrected chi connectivity index (χ2v) is 3.72. The van der Waals surface area contributed by atoms with Crippen LogP contribution in [0.15, 0.2) is 47.7 Å². The standard InChI is InChI=1S/C13H14N2O/c1-2-11-3-5-12(6-4-11)9-15-10-14-8-7-13(15)16/h3-8,10H,2,9H2,1H3. The summed E-state index contributed by atoms with van der Waals surface area (Å²) in [6.45, 7) is 2.71. The maximum atomic E-state index is 11.5. The Kier molecular flexibility index (Phi) is 3.15. The first kappa shape index (κ1) is 10.6. The van der Waals surface area contributed by atoms with Gasteiger partial charge in [0.2, 0.25) is 0 Å². The molecule has 16 heavy (non-hydrogen) atoms. The summed E-state index contributed by atoms with van der Waals surface area (Å²) in [7, 11) is 0. The summed E-state index contributed by atoms with van der Waals surface area (Å²) >= 11 is 0. The Hall–Kier alpha value is -1.90. The molecule has 0 saturated heterocycles. The maximum absolute atomic E-state index is 11.5. The Bertz CT molecular complexity index is 514. The van der Waals surface area contributed by atoms with Crippen molar-refractivity contribution in [2.75, 3.05) is 0 Å². The predicted octanol–water partition coefficient (Wildman–Crippen LogP) is 1.85. The first-order valence-electron chi connectivity index (χ1n) is 5.38. The zero-order chi connectivity index (χ0) is 11.4. The van der Waals surface area contributed by atoms with Crippen LogP contribution < -0.4 is 5.56 Å². The van der Waals surface area contributed by atoms with Crippen molar-refractivity contribution in [1.82, 2.24) is 9.55 Å². The van der Waals surface area contributed by atoms with Crippen molar-refractivity contribution >= 4 is 0 Å². The lowest BCUT2D eigenvalue weighted by atomic mass is 10.1. The van der Waals surface area contributed by atoms with Gasteiger partial charge in [-0.2, -0.15) is 0 Å². The van der Waals surface area contributed by atoms with Crippen LogP contribution in [0.1, 0.15) is 18.1 Å². The third-order valence-electron chi connectivity index (χ3n) is 2.58. The minimum absolute atomic E-state index is 0.0189. The molecule has 0 saturated carbocycles. The summed E-state index contributed by atoms with van der Waals surface area (Å²) in [4.78, 5) is 15.4. The number of aryl methyl sites for hydroxylation is 1. The Labute approximate surface area is 94.4 Å². The normalized spacial score (nSPS) is 10.3. The van der Waals surface area contributed by atoms with Gasteiger partial charge >= 0.3 is 0 Å². The Morgan fingerprint density at radius 3 is 2.44 bits per heavy atom. The van der Waals surface area contributed by atoms with E-state index >= 15 is 0 Å². The van der Waals surface area contributed by atoms with Crippen molar-refractivity contribution in [3.8, 4) is 0 Å². The van der Waals surface area contributed by atoms with Crippen molar-refractivity contribution in [2.24, 2.45) is 0 Å². The van der Waals surface area contributed by atoms with Crippen molar-refractivity contribution in [3.05, 3.63) is 64.3 Å². The molecule has 0 aliphatic heterocycles. The monoisotopic (exact) mass is 214 g/mol. The predicted molar refractivity (Wildman–Crippen MR) is 63.4 cm³/mol. The Morgan fingerprint density at radius 2 is 1.81 bits per heavy atom. The Morgan fingerprint density at radius 1 is 1.12 bits per heavy atom. The lowest BCUT2D eigenvalue weighted by Gasteiger charge is -2.05. The van der Waals surface area contributed by atoms with E-state index in [4.69, 9.17) is 0 Å². The SMILES string of the molecule is CCc1ccc(Cn2cnccc2=O)cc1. The van der Waals surface area contributed by atoms with Crippen LogP contribution in [0.5, 0.6) is 0 Å². The second-order valence-electron chi connectivity index (χ2n) is 3.72. The highest BCUT2D eigenvalue weighted by atomic mass is 16.1. The first-order valence-corrected chi connectivity index (χ1v) is 5.38. The van der Waals surface area contributed by atoms with E-state index in [1.54, 1.807) is 10.9 Å². The molecule has 0 aliphatic carbocycles. The molecular formula is C13H14N2O. The molecule has 2 aromatic rings. The smallest absolute Gasteiger partial charge is 0.253 e. The maximum Gasteiger partial charge on any atom is 0.253 e. The zero-order valence-corrected chi connectivity index (χ0v) is 9.26. The number of hydrogen-bond donors (Lipinski definition) is 0. The van der Waals surface area contributed by atoms with Crippen LogP contribution >= 0.6 is 0 Å². The molecule has 0 N–H and O–H groups in total. The molecular weight excluding hydrogens is 200 g/mol. The molecule has 2 rings (SSSR count). The molecule has 1 aromatic carbocycles. The van der Waals surface area contributed by atoms with E-state index in [-0.39, 0.29) is 5.56 Å². The fraction of sp³-hybridized carbons (Fsp3) is 0.231. The van der Waals surface area contributed by atoms with Crippen LogP contribution in [-0.2, 0) is 13.0 Å². The zero-order valence-electron chi connectivity index (χ0n) is 9.26. The van der Waals surface area contributed by atoms with Gasteiger partial charge in [0.25, 0.3) is 5.56 Å². The minimum atomic E-state index is -0.0189. The van der Waals surface area contributed by atoms with Gasteiger partial charge in [-0.3, -0.25) is 9.36 Å². The molecule has 0 bridgehead atoms. The Balaban J connectivity index is 2.21. The summed E-state index contributed by atoms with van der Waals surface area (Å²) in [5.41, 5.74) is 2.41. The molecule has 0 radical (unpaired) electrons. The van der Waals surface area contributed by atoms with E-state index in [1.165, 1.54) is 17.8 Å². The number of hydrogen-bond acceptors (Lipinski definition) is 2. The van der Waals surface area contributed by atoms with E-state index in [9.17, 15) is 4.79 Å². The molecule has 1 heterocycles. The molecule has 3 nitrogen and oxygen atoms in total. The van der Waals surface area contributed by atoms with Gasteiger partial charge in [-0.15, -0.1) is 0 Å². The van der Waals surface area contributed by atoms with Crippen molar-refractivity contribution in [1.29, 1.82) is 0 Å². The average Bonchev–Trinajstić information content (AvgIpc) is 2.33. The van der Waals surface area contributed by atoms with Gasteiger partial charge in [-0.25, -0.2) is 4.98 Å². The highest BCUT2D eigenvalue weighted by Crippen LogP contribution is 2.05. The largest absolute Gasteiger partial charge is 0.295 e. The minimum Gasteiger partial charge on any atom is -0.295 e. The third kappa shape index (κ3) is 2.37. The molecule has 0 unspecified atom stereocenters. The molecule has 0 atom stereocenters. The summed E-state index contributed by atoms with van der Waals surface area (Å²) in [5.74, 6) is 0. The molecule has 3 heteroatoms. The van der Waals surface area contributed by atoms with Crippen LogP contribution in [0.4, 0.5) is 0 Å². The van der Waals surface area contributed by atoms with Crippen LogP contribution in [0.3, 0.4) is 0 Å². The summed E-state index contributed by atoms with van der Waals surface area (Å²) in [6, 6.07) is 9.77. The van der Waals surface area contributed by atoms with E-state index in [2.05, 4.69) is 36.2 Å². The van der Waals surface area contributed by atoms with Crippen LogP contribution in [0.2, 0.25) is 0 Å². The van der Waals surface area contributed by atoms with Crippen LogP contribution in [0, 0.1) is 0 Å². The second kappa shape index (κ2) is 4.75. The van der Waals surface area contributed by atoms with Crippen LogP contribution in [-0.4, -0.2) is 9.55 Å².